The number of anilines is 1. The number of methoxy groups -OCH3 is 2. The maximum Gasteiger partial charge on any atom is 0.286 e. The van der Waals surface area contributed by atoms with E-state index in [2.05, 4.69) is 0 Å². The minimum absolute atomic E-state index is 0.0847. The molecule has 0 aliphatic carbocycles. The number of nitrogens with zero attached hydrogens (tertiary/aromatic N) is 4. The molecular weight excluding hydrogens is 432 g/mol. The van der Waals surface area contributed by atoms with Crippen molar-refractivity contribution in [2.24, 2.45) is 0 Å². The van der Waals surface area contributed by atoms with Crippen LogP contribution in [0.1, 0.15) is 21.5 Å². The molecule has 10 heteroatoms. The highest BCUT2D eigenvalue weighted by atomic mass is 32.1. The Morgan fingerprint density at radius 2 is 1.78 bits per heavy atom. The van der Waals surface area contributed by atoms with Gasteiger partial charge in [-0.2, -0.15) is 0 Å². The molecule has 0 unspecified atom stereocenters. The van der Waals surface area contributed by atoms with Gasteiger partial charge in [-0.25, -0.2) is 4.98 Å². The van der Waals surface area contributed by atoms with E-state index in [0.29, 0.717) is 18.2 Å². The van der Waals surface area contributed by atoms with Crippen molar-refractivity contribution in [2.45, 2.75) is 13.8 Å². The second-order valence-electron chi connectivity index (χ2n) is 7.59. The predicted octanol–water partition coefficient (Wildman–Crippen LogP) is 4.05. The third kappa shape index (κ3) is 4.51. The fourth-order valence-corrected chi connectivity index (χ4v) is 4.30. The van der Waals surface area contributed by atoms with Crippen LogP contribution in [0.3, 0.4) is 0 Å². The molecule has 170 valence electrons. The number of carbonyl (C=O) groups excluding carboxylic acids is 1. The number of amides is 1. The Morgan fingerprint density at radius 1 is 1.12 bits per heavy atom. The van der Waals surface area contributed by atoms with E-state index in [4.69, 9.17) is 14.5 Å². The number of carbonyl (C=O) groups is 1. The predicted molar refractivity (Wildman–Crippen MR) is 126 cm³/mol. The monoisotopic (exact) mass is 458 g/mol. The van der Waals surface area contributed by atoms with Gasteiger partial charge in [-0.1, -0.05) is 17.4 Å². The molecule has 2 aromatic carbocycles. The van der Waals surface area contributed by atoms with E-state index in [1.807, 2.05) is 45.0 Å². The van der Waals surface area contributed by atoms with Crippen LogP contribution >= 0.6 is 11.3 Å². The van der Waals surface area contributed by atoms with Crippen molar-refractivity contribution in [3.8, 4) is 11.5 Å². The molecule has 0 spiro atoms. The van der Waals surface area contributed by atoms with Gasteiger partial charge in [-0.05, 0) is 45.1 Å². The fourth-order valence-electron chi connectivity index (χ4n) is 3.25. The van der Waals surface area contributed by atoms with Crippen LogP contribution in [0.2, 0.25) is 0 Å². The molecule has 0 atom stereocenters. The third-order valence-electron chi connectivity index (χ3n) is 5.25. The van der Waals surface area contributed by atoms with Crippen molar-refractivity contribution in [3.05, 3.63) is 51.1 Å². The molecule has 1 amide bonds. The van der Waals surface area contributed by atoms with Gasteiger partial charge in [0.15, 0.2) is 16.6 Å². The van der Waals surface area contributed by atoms with E-state index in [-0.39, 0.29) is 22.7 Å². The molecule has 32 heavy (non-hydrogen) atoms. The number of ether oxygens (including phenoxy) is 2. The number of nitro groups is 1. The highest BCUT2D eigenvalue weighted by Gasteiger charge is 2.30. The SMILES string of the molecule is COc1cc(C(=O)N(CCN(C)C)c2nc3c(C)c(C)ccc3s2)c([N+](=O)[O-])cc1OC. The van der Waals surface area contributed by atoms with E-state index >= 15 is 0 Å². The van der Waals surface area contributed by atoms with Crippen molar-refractivity contribution in [1.29, 1.82) is 0 Å². The van der Waals surface area contributed by atoms with Crippen LogP contribution in [-0.4, -0.2) is 62.1 Å². The van der Waals surface area contributed by atoms with Crippen LogP contribution in [-0.2, 0) is 0 Å². The molecule has 3 rings (SSSR count). The summed E-state index contributed by atoms with van der Waals surface area (Å²) in [6.07, 6.45) is 0. The second-order valence-corrected chi connectivity index (χ2v) is 8.60. The topological polar surface area (TPSA) is 98.0 Å². The summed E-state index contributed by atoms with van der Waals surface area (Å²) in [5.74, 6) is -0.0978. The fraction of sp³-hybridized carbons (Fsp3) is 0.364. The first-order chi connectivity index (χ1) is 15.2. The van der Waals surface area contributed by atoms with Gasteiger partial charge in [-0.15, -0.1) is 0 Å². The summed E-state index contributed by atoms with van der Waals surface area (Å²) in [6, 6.07) is 6.56. The Morgan fingerprint density at radius 3 is 2.38 bits per heavy atom. The van der Waals surface area contributed by atoms with Crippen molar-refractivity contribution in [2.75, 3.05) is 46.3 Å². The second kappa shape index (κ2) is 9.49. The molecular formula is C22H26N4O5S. The number of thiazole rings is 1. The lowest BCUT2D eigenvalue weighted by Gasteiger charge is -2.22. The number of aromatic nitrogens is 1. The lowest BCUT2D eigenvalue weighted by Crippen LogP contribution is -2.37. The largest absolute Gasteiger partial charge is 0.493 e. The van der Waals surface area contributed by atoms with Gasteiger partial charge in [0.1, 0.15) is 5.56 Å². The average Bonchev–Trinajstić information content (AvgIpc) is 3.19. The van der Waals surface area contributed by atoms with E-state index in [0.717, 1.165) is 21.3 Å². The number of fused-ring (bicyclic) bond motifs is 1. The molecule has 0 aliphatic rings. The Balaban J connectivity index is 2.15. The standard InChI is InChI=1S/C22H26N4O5S/c1-13-7-8-19-20(14(13)2)23-22(32-19)25(10-9-24(3)4)21(27)15-11-17(30-5)18(31-6)12-16(15)26(28)29/h7-8,11-12H,9-10H2,1-6H3. The minimum atomic E-state index is -0.592. The van der Waals surface area contributed by atoms with Crippen LogP contribution in [0.5, 0.6) is 11.5 Å². The number of rotatable bonds is 8. The first-order valence-corrected chi connectivity index (χ1v) is 10.7. The van der Waals surface area contributed by atoms with Gasteiger partial charge in [0.25, 0.3) is 11.6 Å². The zero-order chi connectivity index (χ0) is 23.6. The zero-order valence-electron chi connectivity index (χ0n) is 19.0. The number of hydrogen-bond acceptors (Lipinski definition) is 8. The molecule has 1 aromatic heterocycles. The Hall–Kier alpha value is -3.24. The molecule has 0 radical (unpaired) electrons. The third-order valence-corrected chi connectivity index (χ3v) is 6.29. The van der Waals surface area contributed by atoms with E-state index in [1.54, 1.807) is 0 Å². The highest BCUT2D eigenvalue weighted by molar-refractivity contribution is 7.22. The van der Waals surface area contributed by atoms with Crippen LogP contribution in [0.25, 0.3) is 10.2 Å². The van der Waals surface area contributed by atoms with Gasteiger partial charge < -0.3 is 14.4 Å². The van der Waals surface area contributed by atoms with Crippen molar-refractivity contribution < 1.29 is 19.2 Å². The number of benzene rings is 2. The van der Waals surface area contributed by atoms with Crippen molar-refractivity contribution >= 4 is 38.3 Å². The molecule has 0 fully saturated rings. The number of nitro benzene ring substituents is 1. The summed E-state index contributed by atoms with van der Waals surface area (Å²) in [5, 5.41) is 12.2. The Kier molecular flexibility index (Phi) is 6.95. The van der Waals surface area contributed by atoms with Gasteiger partial charge in [0.2, 0.25) is 0 Å². The van der Waals surface area contributed by atoms with Crippen molar-refractivity contribution in [3.63, 3.8) is 0 Å². The molecule has 0 aliphatic heterocycles. The van der Waals surface area contributed by atoms with Gasteiger partial charge in [-0.3, -0.25) is 19.8 Å². The number of hydrogen-bond donors (Lipinski definition) is 0. The van der Waals surface area contributed by atoms with Crippen LogP contribution in [0, 0.1) is 24.0 Å². The summed E-state index contributed by atoms with van der Waals surface area (Å²) >= 11 is 1.38. The number of aryl methyl sites for hydroxylation is 2. The molecule has 9 nitrogen and oxygen atoms in total. The van der Waals surface area contributed by atoms with Crippen LogP contribution in [0.4, 0.5) is 10.8 Å². The smallest absolute Gasteiger partial charge is 0.286 e. The normalized spacial score (nSPS) is 11.1. The lowest BCUT2D eigenvalue weighted by atomic mass is 10.1. The van der Waals surface area contributed by atoms with Gasteiger partial charge in [0, 0.05) is 19.2 Å². The quantitative estimate of drug-likeness (QED) is 0.371. The highest BCUT2D eigenvalue weighted by Crippen LogP contribution is 2.37. The molecule has 3 aromatic rings. The zero-order valence-corrected chi connectivity index (χ0v) is 19.8. The maximum atomic E-state index is 13.7. The maximum absolute atomic E-state index is 13.7. The molecule has 1 heterocycles. The first-order valence-electron chi connectivity index (χ1n) is 9.91. The molecule has 0 saturated carbocycles. The number of likely N-dealkylation sites (N-methyl/N-ethyl adjacent to an activating group) is 1. The summed E-state index contributed by atoms with van der Waals surface area (Å²) in [7, 11) is 6.60. The summed E-state index contributed by atoms with van der Waals surface area (Å²) < 4.78 is 11.4. The summed E-state index contributed by atoms with van der Waals surface area (Å²) in [6.45, 7) is 4.87. The van der Waals surface area contributed by atoms with Gasteiger partial charge in [0.05, 0.1) is 35.4 Å². The summed E-state index contributed by atoms with van der Waals surface area (Å²) in [5.41, 5.74) is 2.54. The Bertz CT molecular complexity index is 1170. The Labute approximate surface area is 190 Å². The van der Waals surface area contributed by atoms with Crippen molar-refractivity contribution in [1.82, 2.24) is 9.88 Å². The average molecular weight is 459 g/mol. The minimum Gasteiger partial charge on any atom is -0.493 e. The summed E-state index contributed by atoms with van der Waals surface area (Å²) in [4.78, 5) is 33.0. The van der Waals surface area contributed by atoms with Gasteiger partial charge >= 0.3 is 0 Å². The molecule has 0 saturated heterocycles. The van der Waals surface area contributed by atoms with Crippen LogP contribution in [0.15, 0.2) is 24.3 Å². The van der Waals surface area contributed by atoms with Crippen LogP contribution < -0.4 is 14.4 Å². The van der Waals surface area contributed by atoms with E-state index in [1.165, 1.54) is 42.6 Å². The lowest BCUT2D eigenvalue weighted by molar-refractivity contribution is -0.385. The molecule has 0 N–H and O–H groups in total. The molecule has 0 bridgehead atoms. The van der Waals surface area contributed by atoms with E-state index in [9.17, 15) is 14.9 Å². The first kappa shape index (κ1) is 23.4. The van der Waals surface area contributed by atoms with E-state index < -0.39 is 10.8 Å².